The predicted octanol–water partition coefficient (Wildman–Crippen LogP) is 4.73. The fraction of sp³-hybridized carbons (Fsp3) is 0.267. The Morgan fingerprint density at radius 2 is 2.12 bits per heavy atom. The minimum absolute atomic E-state index is 0.930. The summed E-state index contributed by atoms with van der Waals surface area (Å²) in [5, 5.41) is 2.16. The Morgan fingerprint density at radius 1 is 1.35 bits per heavy atom. The molecular weight excluding hydrogens is 274 g/mol. The van der Waals surface area contributed by atoms with Crippen LogP contribution in [0.3, 0.4) is 0 Å². The van der Waals surface area contributed by atoms with E-state index in [2.05, 4.69) is 58.2 Å². The van der Waals surface area contributed by atoms with E-state index in [1.165, 1.54) is 16.5 Å². The van der Waals surface area contributed by atoms with Crippen LogP contribution in [0.2, 0.25) is 0 Å². The number of benzene rings is 1. The third-order valence-corrected chi connectivity index (χ3v) is 3.58. The maximum Gasteiger partial charge on any atom is 0.0711 e. The van der Waals surface area contributed by atoms with Crippen LogP contribution in [0.4, 0.5) is 0 Å². The number of aromatic nitrogens is 1. The Bertz CT molecular complexity index is 552. The molecule has 0 fully saturated rings. The summed E-state index contributed by atoms with van der Waals surface area (Å²) in [5.74, 6) is 0. The first-order chi connectivity index (χ1) is 8.24. The molecule has 0 unspecified atom stereocenters. The van der Waals surface area contributed by atoms with Crippen LogP contribution < -0.4 is 0 Å². The lowest BCUT2D eigenvalue weighted by Gasteiger charge is -2.06. The molecule has 0 saturated heterocycles. The zero-order valence-electron chi connectivity index (χ0n) is 10.2. The van der Waals surface area contributed by atoms with Gasteiger partial charge in [0.1, 0.15) is 0 Å². The standard InChI is InChI=1S/C15H16BrN/c1-3-12(10-16)9-13-8-11(2)17-15-7-5-4-6-14(13)15/h4-9H,3,10H2,1-2H3. The minimum atomic E-state index is 0.930. The fourth-order valence-electron chi connectivity index (χ4n) is 1.91. The van der Waals surface area contributed by atoms with E-state index < -0.39 is 0 Å². The van der Waals surface area contributed by atoms with Crippen LogP contribution in [0, 0.1) is 6.92 Å². The highest BCUT2D eigenvalue weighted by Gasteiger charge is 2.02. The van der Waals surface area contributed by atoms with Crippen LogP contribution in [0.15, 0.2) is 35.9 Å². The first-order valence-corrected chi connectivity index (χ1v) is 6.98. The number of hydrogen-bond donors (Lipinski definition) is 0. The van der Waals surface area contributed by atoms with E-state index in [0.717, 1.165) is 23.0 Å². The Kier molecular flexibility index (Phi) is 3.95. The minimum Gasteiger partial charge on any atom is -0.253 e. The number of para-hydroxylation sites is 1. The lowest BCUT2D eigenvalue weighted by Crippen LogP contribution is -1.89. The van der Waals surface area contributed by atoms with Crippen molar-refractivity contribution in [3.63, 3.8) is 0 Å². The van der Waals surface area contributed by atoms with E-state index in [0.29, 0.717) is 0 Å². The number of rotatable bonds is 3. The molecule has 0 aliphatic heterocycles. The molecule has 0 amide bonds. The molecule has 0 aliphatic carbocycles. The average Bonchev–Trinajstić information content (AvgIpc) is 2.35. The Hall–Kier alpha value is -1.15. The summed E-state index contributed by atoms with van der Waals surface area (Å²) in [7, 11) is 0. The molecule has 2 rings (SSSR count). The van der Waals surface area contributed by atoms with Gasteiger partial charge in [0.2, 0.25) is 0 Å². The lowest BCUT2D eigenvalue weighted by molar-refractivity contribution is 1.12. The largest absolute Gasteiger partial charge is 0.253 e. The van der Waals surface area contributed by atoms with E-state index in [9.17, 15) is 0 Å². The molecule has 0 spiro atoms. The Balaban J connectivity index is 2.63. The third-order valence-electron chi connectivity index (χ3n) is 2.86. The molecular formula is C15H16BrN. The molecule has 0 bridgehead atoms. The van der Waals surface area contributed by atoms with E-state index in [1.807, 2.05) is 13.0 Å². The summed E-state index contributed by atoms with van der Waals surface area (Å²) in [5.41, 5.74) is 4.81. The fourth-order valence-corrected chi connectivity index (χ4v) is 2.47. The molecule has 2 heteroatoms. The molecule has 2 aromatic rings. The van der Waals surface area contributed by atoms with Crippen molar-refractivity contribution in [2.24, 2.45) is 0 Å². The van der Waals surface area contributed by atoms with Crippen molar-refractivity contribution in [2.75, 3.05) is 5.33 Å². The van der Waals surface area contributed by atoms with Gasteiger partial charge in [0.05, 0.1) is 5.52 Å². The number of fused-ring (bicyclic) bond motifs is 1. The highest BCUT2D eigenvalue weighted by molar-refractivity contribution is 9.09. The van der Waals surface area contributed by atoms with Gasteiger partial charge in [-0.1, -0.05) is 52.7 Å². The normalized spacial score (nSPS) is 12.1. The second kappa shape index (κ2) is 5.46. The van der Waals surface area contributed by atoms with Gasteiger partial charge >= 0.3 is 0 Å². The van der Waals surface area contributed by atoms with Crippen LogP contribution in [0.1, 0.15) is 24.6 Å². The first-order valence-electron chi connectivity index (χ1n) is 5.86. The number of nitrogens with zero attached hydrogens (tertiary/aromatic N) is 1. The van der Waals surface area contributed by atoms with Gasteiger partial charge in [0, 0.05) is 16.4 Å². The van der Waals surface area contributed by atoms with Gasteiger partial charge in [-0.05, 0) is 31.0 Å². The maximum atomic E-state index is 4.55. The predicted molar refractivity (Wildman–Crippen MR) is 78.5 cm³/mol. The summed E-state index contributed by atoms with van der Waals surface area (Å²) in [6, 6.07) is 10.5. The smallest absolute Gasteiger partial charge is 0.0711 e. The third kappa shape index (κ3) is 2.75. The van der Waals surface area contributed by atoms with E-state index >= 15 is 0 Å². The quantitative estimate of drug-likeness (QED) is 0.745. The van der Waals surface area contributed by atoms with Crippen LogP contribution in [-0.2, 0) is 0 Å². The van der Waals surface area contributed by atoms with Crippen molar-refractivity contribution in [1.29, 1.82) is 0 Å². The number of pyridine rings is 1. The van der Waals surface area contributed by atoms with E-state index in [4.69, 9.17) is 0 Å². The summed E-state index contributed by atoms with van der Waals surface area (Å²) in [6.45, 7) is 4.23. The molecule has 0 atom stereocenters. The van der Waals surface area contributed by atoms with Crippen molar-refractivity contribution in [2.45, 2.75) is 20.3 Å². The second-order valence-electron chi connectivity index (χ2n) is 4.16. The topological polar surface area (TPSA) is 12.9 Å². The number of hydrogen-bond acceptors (Lipinski definition) is 1. The van der Waals surface area contributed by atoms with Crippen molar-refractivity contribution in [1.82, 2.24) is 4.98 Å². The molecule has 88 valence electrons. The van der Waals surface area contributed by atoms with Gasteiger partial charge in [0.15, 0.2) is 0 Å². The molecule has 1 aromatic heterocycles. The lowest BCUT2D eigenvalue weighted by atomic mass is 10.0. The average molecular weight is 290 g/mol. The molecule has 1 heterocycles. The van der Waals surface area contributed by atoms with Crippen molar-refractivity contribution < 1.29 is 0 Å². The summed E-state index contributed by atoms with van der Waals surface area (Å²) < 4.78 is 0. The highest BCUT2D eigenvalue weighted by atomic mass is 79.9. The van der Waals surface area contributed by atoms with Gasteiger partial charge in [0.25, 0.3) is 0 Å². The van der Waals surface area contributed by atoms with Crippen molar-refractivity contribution >= 4 is 32.9 Å². The van der Waals surface area contributed by atoms with Crippen molar-refractivity contribution in [3.05, 3.63) is 47.2 Å². The zero-order valence-corrected chi connectivity index (χ0v) is 11.8. The van der Waals surface area contributed by atoms with Gasteiger partial charge in [-0.15, -0.1) is 0 Å². The zero-order chi connectivity index (χ0) is 12.3. The molecule has 0 saturated carbocycles. The van der Waals surface area contributed by atoms with Crippen molar-refractivity contribution in [3.8, 4) is 0 Å². The number of alkyl halides is 1. The SMILES string of the molecule is CCC(=Cc1cc(C)nc2ccccc12)CBr. The molecule has 17 heavy (non-hydrogen) atoms. The van der Waals surface area contributed by atoms with E-state index in [-0.39, 0.29) is 0 Å². The van der Waals surface area contributed by atoms with Gasteiger partial charge in [-0.25, -0.2) is 0 Å². The van der Waals surface area contributed by atoms with Gasteiger partial charge in [-0.3, -0.25) is 4.98 Å². The number of aryl methyl sites for hydroxylation is 1. The van der Waals surface area contributed by atoms with Crippen LogP contribution >= 0.6 is 15.9 Å². The van der Waals surface area contributed by atoms with Crippen LogP contribution in [0.25, 0.3) is 17.0 Å². The maximum absolute atomic E-state index is 4.55. The highest BCUT2D eigenvalue weighted by Crippen LogP contribution is 2.22. The molecule has 1 nitrogen and oxygen atoms in total. The molecule has 0 radical (unpaired) electrons. The number of halogens is 1. The molecule has 1 aromatic carbocycles. The molecule has 0 N–H and O–H groups in total. The number of allylic oxidation sites excluding steroid dienone is 1. The Labute approximate surface area is 111 Å². The second-order valence-corrected chi connectivity index (χ2v) is 4.72. The first kappa shape index (κ1) is 12.3. The van der Waals surface area contributed by atoms with Crippen LogP contribution in [-0.4, -0.2) is 10.3 Å². The monoisotopic (exact) mass is 289 g/mol. The Morgan fingerprint density at radius 3 is 2.82 bits per heavy atom. The summed E-state index contributed by atoms with van der Waals surface area (Å²) in [4.78, 5) is 4.55. The van der Waals surface area contributed by atoms with Crippen LogP contribution in [0.5, 0.6) is 0 Å². The van der Waals surface area contributed by atoms with Gasteiger partial charge in [-0.2, -0.15) is 0 Å². The summed E-state index contributed by atoms with van der Waals surface area (Å²) >= 11 is 3.53. The molecule has 0 aliphatic rings. The summed E-state index contributed by atoms with van der Waals surface area (Å²) in [6.07, 6.45) is 3.34. The van der Waals surface area contributed by atoms with E-state index in [1.54, 1.807) is 0 Å². The van der Waals surface area contributed by atoms with Gasteiger partial charge < -0.3 is 0 Å².